The predicted octanol–water partition coefficient (Wildman–Crippen LogP) is 3.05. The van der Waals surface area contributed by atoms with Gasteiger partial charge in [0.2, 0.25) is 5.91 Å². The van der Waals surface area contributed by atoms with Gasteiger partial charge in [0.1, 0.15) is 0 Å². The van der Waals surface area contributed by atoms with Crippen LogP contribution in [0.3, 0.4) is 0 Å². The number of nitrogens with one attached hydrogen (secondary N) is 2. The Morgan fingerprint density at radius 1 is 1.20 bits per heavy atom. The van der Waals surface area contributed by atoms with Crippen molar-refractivity contribution < 1.29 is 14.0 Å². The van der Waals surface area contributed by atoms with Gasteiger partial charge < -0.3 is 15.1 Å². The average molecular weight is 272 g/mol. The highest BCUT2D eigenvalue weighted by Gasteiger charge is 2.11. The van der Waals surface area contributed by atoms with Crippen LogP contribution in [0.15, 0.2) is 41.0 Å². The van der Waals surface area contributed by atoms with Crippen molar-refractivity contribution in [3.63, 3.8) is 0 Å². The quantitative estimate of drug-likeness (QED) is 0.898. The lowest BCUT2D eigenvalue weighted by Gasteiger charge is -2.11. The van der Waals surface area contributed by atoms with Crippen molar-refractivity contribution >= 4 is 23.2 Å². The van der Waals surface area contributed by atoms with Crippen molar-refractivity contribution in [2.24, 2.45) is 0 Å². The van der Waals surface area contributed by atoms with Crippen molar-refractivity contribution in [2.45, 2.75) is 20.3 Å². The summed E-state index contributed by atoms with van der Waals surface area (Å²) in [6.07, 6.45) is 2.22. The number of benzene rings is 1. The summed E-state index contributed by atoms with van der Waals surface area (Å²) in [4.78, 5) is 23.1. The summed E-state index contributed by atoms with van der Waals surface area (Å²) in [7, 11) is 0. The molecule has 5 nitrogen and oxygen atoms in total. The molecule has 104 valence electrons. The number of hydrogen-bond donors (Lipinski definition) is 2. The van der Waals surface area contributed by atoms with E-state index in [1.165, 1.54) is 13.2 Å². The molecule has 0 bridgehead atoms. The van der Waals surface area contributed by atoms with Gasteiger partial charge in [0.05, 0.1) is 6.26 Å². The van der Waals surface area contributed by atoms with E-state index in [4.69, 9.17) is 4.42 Å². The van der Waals surface area contributed by atoms with Crippen molar-refractivity contribution in [2.75, 3.05) is 10.6 Å². The molecular formula is C15H16N2O3. The second kappa shape index (κ2) is 6.06. The second-order valence-corrected chi connectivity index (χ2v) is 4.34. The lowest BCUT2D eigenvalue weighted by Crippen LogP contribution is -2.13. The van der Waals surface area contributed by atoms with Crippen LogP contribution in [0.4, 0.5) is 11.4 Å². The minimum absolute atomic E-state index is 0.155. The fourth-order valence-corrected chi connectivity index (χ4v) is 1.87. The Morgan fingerprint density at radius 2 is 2.00 bits per heavy atom. The molecule has 0 aliphatic heterocycles. The number of furan rings is 1. The van der Waals surface area contributed by atoms with Gasteiger partial charge in [-0.1, -0.05) is 13.0 Å². The van der Waals surface area contributed by atoms with Crippen LogP contribution in [0.5, 0.6) is 0 Å². The number of rotatable bonds is 4. The normalized spacial score (nSPS) is 10.1. The van der Waals surface area contributed by atoms with Crippen molar-refractivity contribution in [1.82, 2.24) is 0 Å². The third-order valence-corrected chi connectivity index (χ3v) is 2.80. The van der Waals surface area contributed by atoms with E-state index in [9.17, 15) is 9.59 Å². The topological polar surface area (TPSA) is 71.3 Å². The molecule has 0 atom stereocenters. The third kappa shape index (κ3) is 3.26. The smallest absolute Gasteiger partial charge is 0.291 e. The molecule has 0 unspecified atom stereocenters. The molecule has 2 aromatic rings. The summed E-state index contributed by atoms with van der Waals surface area (Å²) in [6, 6.07) is 8.68. The van der Waals surface area contributed by atoms with Crippen LogP contribution in [0.2, 0.25) is 0 Å². The fraction of sp³-hybridized carbons (Fsp3) is 0.200. The standard InChI is InChI=1S/C15H16N2O3/c1-3-11-6-7-12(16-10(2)18)9-13(11)17-15(19)14-5-4-8-20-14/h4-9H,3H2,1-2H3,(H,16,18)(H,17,19). The van der Waals surface area contributed by atoms with Gasteiger partial charge in [-0.3, -0.25) is 9.59 Å². The minimum atomic E-state index is -0.315. The molecule has 2 rings (SSSR count). The average Bonchev–Trinajstić information content (AvgIpc) is 2.92. The van der Waals surface area contributed by atoms with Crippen molar-refractivity contribution in [3.05, 3.63) is 47.9 Å². The maximum atomic E-state index is 12.0. The number of hydrogen-bond acceptors (Lipinski definition) is 3. The van der Waals surface area contributed by atoms with Gasteiger partial charge in [-0.15, -0.1) is 0 Å². The van der Waals surface area contributed by atoms with Crippen LogP contribution < -0.4 is 10.6 Å². The highest BCUT2D eigenvalue weighted by atomic mass is 16.3. The van der Waals surface area contributed by atoms with Gasteiger partial charge in [-0.2, -0.15) is 0 Å². The summed E-state index contributed by atoms with van der Waals surface area (Å²) in [5.74, 6) is -0.223. The van der Waals surface area contributed by atoms with E-state index >= 15 is 0 Å². The Kier molecular flexibility index (Phi) is 4.20. The van der Waals surface area contributed by atoms with E-state index in [-0.39, 0.29) is 17.6 Å². The first kappa shape index (κ1) is 13.9. The molecular weight excluding hydrogens is 256 g/mol. The van der Waals surface area contributed by atoms with Gasteiger partial charge in [-0.25, -0.2) is 0 Å². The van der Waals surface area contributed by atoms with Crippen LogP contribution in [-0.2, 0) is 11.2 Å². The molecule has 0 saturated heterocycles. The zero-order valence-corrected chi connectivity index (χ0v) is 11.4. The Hall–Kier alpha value is -2.56. The SMILES string of the molecule is CCc1ccc(NC(C)=O)cc1NC(=O)c1ccco1. The zero-order valence-electron chi connectivity index (χ0n) is 11.4. The molecule has 1 aromatic carbocycles. The Morgan fingerprint density at radius 3 is 2.60 bits per heavy atom. The van der Waals surface area contributed by atoms with Gasteiger partial charge >= 0.3 is 0 Å². The lowest BCUT2D eigenvalue weighted by atomic mass is 10.1. The van der Waals surface area contributed by atoms with E-state index in [0.29, 0.717) is 11.4 Å². The molecule has 20 heavy (non-hydrogen) atoms. The maximum absolute atomic E-state index is 12.0. The Bertz CT molecular complexity index is 618. The van der Waals surface area contributed by atoms with E-state index < -0.39 is 0 Å². The first-order valence-corrected chi connectivity index (χ1v) is 6.35. The fourth-order valence-electron chi connectivity index (χ4n) is 1.87. The van der Waals surface area contributed by atoms with Crippen molar-refractivity contribution in [3.8, 4) is 0 Å². The second-order valence-electron chi connectivity index (χ2n) is 4.34. The molecule has 0 radical (unpaired) electrons. The van der Waals surface area contributed by atoms with Crippen molar-refractivity contribution in [1.29, 1.82) is 0 Å². The number of anilines is 2. The molecule has 5 heteroatoms. The van der Waals surface area contributed by atoms with Crippen LogP contribution in [0.25, 0.3) is 0 Å². The van der Waals surface area contributed by atoms with Crippen LogP contribution >= 0.6 is 0 Å². The lowest BCUT2D eigenvalue weighted by molar-refractivity contribution is -0.114. The van der Waals surface area contributed by atoms with Gasteiger partial charge in [-0.05, 0) is 36.2 Å². The number of aryl methyl sites for hydroxylation is 1. The number of amides is 2. The monoisotopic (exact) mass is 272 g/mol. The maximum Gasteiger partial charge on any atom is 0.291 e. The summed E-state index contributed by atoms with van der Waals surface area (Å²) in [5, 5.41) is 5.48. The highest BCUT2D eigenvalue weighted by molar-refractivity contribution is 6.03. The first-order chi connectivity index (χ1) is 9.60. The van der Waals surface area contributed by atoms with Crippen LogP contribution in [0, 0.1) is 0 Å². The largest absolute Gasteiger partial charge is 0.459 e. The molecule has 0 aliphatic carbocycles. The molecule has 0 spiro atoms. The van der Waals surface area contributed by atoms with E-state index in [2.05, 4.69) is 10.6 Å². The van der Waals surface area contributed by atoms with E-state index in [1.807, 2.05) is 19.1 Å². The third-order valence-electron chi connectivity index (χ3n) is 2.80. The van der Waals surface area contributed by atoms with E-state index in [0.717, 1.165) is 12.0 Å². The minimum Gasteiger partial charge on any atom is -0.459 e. The molecule has 0 saturated carbocycles. The van der Waals surface area contributed by atoms with Gasteiger partial charge in [0, 0.05) is 18.3 Å². The number of carbonyl (C=O) groups excluding carboxylic acids is 2. The van der Waals surface area contributed by atoms with Gasteiger partial charge in [0.15, 0.2) is 5.76 Å². The van der Waals surface area contributed by atoms with Crippen LogP contribution in [-0.4, -0.2) is 11.8 Å². The molecule has 1 aromatic heterocycles. The van der Waals surface area contributed by atoms with Crippen LogP contribution in [0.1, 0.15) is 30.0 Å². The zero-order chi connectivity index (χ0) is 14.5. The Labute approximate surface area is 117 Å². The predicted molar refractivity (Wildman–Crippen MR) is 76.8 cm³/mol. The first-order valence-electron chi connectivity index (χ1n) is 6.35. The van der Waals surface area contributed by atoms with E-state index in [1.54, 1.807) is 18.2 Å². The molecule has 0 fully saturated rings. The summed E-state index contributed by atoms with van der Waals surface area (Å²) >= 11 is 0. The number of carbonyl (C=O) groups is 2. The highest BCUT2D eigenvalue weighted by Crippen LogP contribution is 2.22. The molecule has 0 aliphatic rings. The molecule has 2 amide bonds. The summed E-state index contributed by atoms with van der Waals surface area (Å²) in [6.45, 7) is 3.44. The molecule has 2 N–H and O–H groups in total. The molecule has 1 heterocycles. The van der Waals surface area contributed by atoms with Gasteiger partial charge in [0.25, 0.3) is 5.91 Å². The summed E-state index contributed by atoms with van der Waals surface area (Å²) in [5.41, 5.74) is 2.30. The Balaban J connectivity index is 2.24. The summed E-state index contributed by atoms with van der Waals surface area (Å²) < 4.78 is 5.05.